The number of aromatic nitrogens is 2. The van der Waals surface area contributed by atoms with Crippen LogP contribution in [-0.4, -0.2) is 9.13 Å². The Hall–Kier alpha value is -8.20. The Labute approximate surface area is 397 Å². The van der Waals surface area contributed by atoms with Crippen molar-refractivity contribution >= 4 is 43.6 Å². The van der Waals surface area contributed by atoms with Gasteiger partial charge in [-0.05, 0) is 152 Å². The van der Waals surface area contributed by atoms with E-state index in [2.05, 4.69) is 240 Å². The Morgan fingerprint density at radius 2 is 0.603 bits per heavy atom. The molecular formula is C66H48N2. The summed E-state index contributed by atoms with van der Waals surface area (Å²) in [5, 5.41) is 5.11. The van der Waals surface area contributed by atoms with Crippen LogP contribution in [0, 0.1) is 0 Å². The van der Waals surface area contributed by atoms with Crippen LogP contribution in [0.25, 0.3) is 111 Å². The summed E-state index contributed by atoms with van der Waals surface area (Å²) in [5.41, 5.74) is 23.3. The average molecular weight is 869 g/mol. The normalized spacial score (nSPS) is 14.0. The molecular weight excluding hydrogens is 821 g/mol. The highest BCUT2D eigenvalue weighted by molar-refractivity contribution is 6.11. The SMILES string of the molecule is c1ccc(-n2c3ccccc3c3cc(-c4ccc(-c5ccc6c(c5)C5(CCCCC5)c5cc(-c7ccc(-c8ccc9c(c8)c8ccccc8n9-c8ccccc8)cc7)ccc5-6)cc4)ccc32)cc1. The highest BCUT2D eigenvalue weighted by atomic mass is 15.0. The fourth-order valence-electron chi connectivity index (χ4n) is 12.3. The summed E-state index contributed by atoms with van der Waals surface area (Å²) in [6.07, 6.45) is 6.24. The lowest BCUT2D eigenvalue weighted by Gasteiger charge is -2.36. The number of fused-ring (bicyclic) bond motifs is 11. The van der Waals surface area contributed by atoms with Crippen LogP contribution in [0.3, 0.4) is 0 Å². The van der Waals surface area contributed by atoms with Crippen LogP contribution in [0.1, 0.15) is 43.2 Å². The van der Waals surface area contributed by atoms with Gasteiger partial charge in [0.05, 0.1) is 22.1 Å². The molecule has 0 aliphatic heterocycles. The van der Waals surface area contributed by atoms with Gasteiger partial charge in [-0.15, -0.1) is 0 Å². The van der Waals surface area contributed by atoms with Crippen molar-refractivity contribution in [2.45, 2.75) is 37.5 Å². The molecule has 68 heavy (non-hydrogen) atoms. The number of rotatable bonds is 6. The van der Waals surface area contributed by atoms with E-state index in [1.165, 1.54) is 154 Å². The predicted molar refractivity (Wildman–Crippen MR) is 286 cm³/mol. The van der Waals surface area contributed by atoms with Gasteiger partial charge in [-0.3, -0.25) is 0 Å². The van der Waals surface area contributed by atoms with Crippen molar-refractivity contribution in [3.63, 3.8) is 0 Å². The third kappa shape index (κ3) is 6.03. The molecule has 2 aromatic heterocycles. The first-order chi connectivity index (χ1) is 33.7. The van der Waals surface area contributed by atoms with Crippen molar-refractivity contribution in [2.75, 3.05) is 0 Å². The van der Waals surface area contributed by atoms with Crippen molar-refractivity contribution in [3.05, 3.63) is 242 Å². The van der Waals surface area contributed by atoms with Gasteiger partial charge in [0.25, 0.3) is 0 Å². The van der Waals surface area contributed by atoms with E-state index >= 15 is 0 Å². The first kappa shape index (κ1) is 39.0. The van der Waals surface area contributed by atoms with Crippen LogP contribution in [0.15, 0.2) is 231 Å². The maximum Gasteiger partial charge on any atom is 0.0541 e. The molecule has 2 aliphatic carbocycles. The third-order valence-corrected chi connectivity index (χ3v) is 15.5. The lowest BCUT2D eigenvalue weighted by Crippen LogP contribution is -2.28. The molecule has 0 N–H and O–H groups in total. The lowest BCUT2D eigenvalue weighted by molar-refractivity contribution is 0.353. The molecule has 2 heterocycles. The topological polar surface area (TPSA) is 9.86 Å². The maximum absolute atomic E-state index is 2.54. The van der Waals surface area contributed by atoms with Crippen molar-refractivity contribution in [2.24, 2.45) is 0 Å². The fraction of sp³-hybridized carbons (Fsp3) is 0.0909. The number of nitrogens with zero attached hydrogens (tertiary/aromatic N) is 2. The Morgan fingerprint density at radius 3 is 1.03 bits per heavy atom. The van der Waals surface area contributed by atoms with E-state index in [1.807, 2.05) is 0 Å². The lowest BCUT2D eigenvalue weighted by atomic mass is 9.67. The molecule has 2 nitrogen and oxygen atoms in total. The van der Waals surface area contributed by atoms with Crippen LogP contribution in [0.2, 0.25) is 0 Å². The first-order valence-electron chi connectivity index (χ1n) is 24.4. The van der Waals surface area contributed by atoms with E-state index in [9.17, 15) is 0 Å². The zero-order valence-corrected chi connectivity index (χ0v) is 37.9. The van der Waals surface area contributed by atoms with Gasteiger partial charge < -0.3 is 9.13 Å². The minimum absolute atomic E-state index is 0.0392. The van der Waals surface area contributed by atoms with Crippen LogP contribution >= 0.6 is 0 Å². The highest BCUT2D eigenvalue weighted by Gasteiger charge is 2.44. The third-order valence-electron chi connectivity index (χ3n) is 15.5. The molecule has 1 spiro atoms. The minimum Gasteiger partial charge on any atom is -0.309 e. The first-order valence-corrected chi connectivity index (χ1v) is 24.4. The Balaban J connectivity index is 0.772. The smallest absolute Gasteiger partial charge is 0.0541 e. The summed E-state index contributed by atoms with van der Waals surface area (Å²) in [5.74, 6) is 0. The van der Waals surface area contributed by atoms with Gasteiger partial charge in [0, 0.05) is 38.3 Å². The second-order valence-electron chi connectivity index (χ2n) is 19.2. The van der Waals surface area contributed by atoms with Crippen LogP contribution in [0.5, 0.6) is 0 Å². The van der Waals surface area contributed by atoms with Crippen molar-refractivity contribution < 1.29 is 0 Å². The largest absolute Gasteiger partial charge is 0.309 e. The van der Waals surface area contributed by atoms with Crippen molar-refractivity contribution in [1.82, 2.24) is 9.13 Å². The number of hydrogen-bond donors (Lipinski definition) is 0. The van der Waals surface area contributed by atoms with E-state index in [0.717, 1.165) is 0 Å². The number of hydrogen-bond acceptors (Lipinski definition) is 0. The van der Waals surface area contributed by atoms with E-state index < -0.39 is 0 Å². The van der Waals surface area contributed by atoms with E-state index in [-0.39, 0.29) is 5.41 Å². The Kier molecular flexibility index (Phi) is 8.86. The quantitative estimate of drug-likeness (QED) is 0.158. The van der Waals surface area contributed by atoms with Gasteiger partial charge in [0.1, 0.15) is 0 Å². The van der Waals surface area contributed by atoms with E-state index in [1.54, 1.807) is 0 Å². The molecule has 10 aromatic carbocycles. The summed E-state index contributed by atoms with van der Waals surface area (Å²) in [6, 6.07) is 86.0. The summed E-state index contributed by atoms with van der Waals surface area (Å²) in [6.45, 7) is 0. The standard InChI is InChI=1S/C66H48N2/c1-4-14-52(15-5-1)67-62-20-10-8-18-56(62)58-40-48(32-36-64(58)67)44-22-26-46(27-23-44)50-30-34-54-55-35-31-51(43-61(55)66(60(54)42-50)38-12-3-13-39-66)47-28-24-45(25-29-47)49-33-37-65-59(41-49)57-19-9-11-21-63(57)68(65)53-16-6-2-7-17-53/h1-2,4-11,14-37,40-43H,3,12-13,38-39H2. The van der Waals surface area contributed by atoms with Crippen LogP contribution in [0.4, 0.5) is 0 Å². The molecule has 1 saturated carbocycles. The van der Waals surface area contributed by atoms with Crippen LogP contribution in [-0.2, 0) is 5.41 Å². The molecule has 0 atom stereocenters. The van der Waals surface area contributed by atoms with Gasteiger partial charge in [-0.2, -0.15) is 0 Å². The molecule has 12 aromatic rings. The minimum atomic E-state index is 0.0392. The van der Waals surface area contributed by atoms with Gasteiger partial charge >= 0.3 is 0 Å². The molecule has 14 rings (SSSR count). The van der Waals surface area contributed by atoms with E-state index in [0.29, 0.717) is 0 Å². The molecule has 2 aliphatic rings. The summed E-state index contributed by atoms with van der Waals surface area (Å²) in [7, 11) is 0. The Bertz CT molecular complexity index is 3650. The Morgan fingerprint density at radius 1 is 0.265 bits per heavy atom. The predicted octanol–water partition coefficient (Wildman–Crippen LogP) is 17.8. The number of benzene rings is 10. The van der Waals surface area contributed by atoms with E-state index in [4.69, 9.17) is 0 Å². The maximum atomic E-state index is 2.54. The number of para-hydroxylation sites is 4. The summed E-state index contributed by atoms with van der Waals surface area (Å²) < 4.78 is 4.77. The summed E-state index contributed by atoms with van der Waals surface area (Å²) >= 11 is 0. The average Bonchev–Trinajstić information content (AvgIpc) is 4.02. The van der Waals surface area contributed by atoms with Gasteiger partial charge in [-0.1, -0.05) is 177 Å². The van der Waals surface area contributed by atoms with Crippen molar-refractivity contribution in [1.29, 1.82) is 0 Å². The molecule has 0 bridgehead atoms. The van der Waals surface area contributed by atoms with Gasteiger partial charge in [0.2, 0.25) is 0 Å². The van der Waals surface area contributed by atoms with Crippen LogP contribution < -0.4 is 0 Å². The molecule has 0 radical (unpaired) electrons. The molecule has 322 valence electrons. The highest BCUT2D eigenvalue weighted by Crippen LogP contribution is 2.57. The molecule has 0 saturated heterocycles. The van der Waals surface area contributed by atoms with Gasteiger partial charge in [-0.25, -0.2) is 0 Å². The molecule has 2 heteroatoms. The van der Waals surface area contributed by atoms with Crippen molar-refractivity contribution in [3.8, 4) is 67.0 Å². The zero-order valence-electron chi connectivity index (χ0n) is 37.9. The second kappa shape index (κ2) is 15.4. The molecule has 1 fully saturated rings. The summed E-state index contributed by atoms with van der Waals surface area (Å²) in [4.78, 5) is 0. The fourth-order valence-corrected chi connectivity index (χ4v) is 12.3. The molecule has 0 amide bonds. The van der Waals surface area contributed by atoms with Gasteiger partial charge in [0.15, 0.2) is 0 Å². The second-order valence-corrected chi connectivity index (χ2v) is 19.2. The zero-order chi connectivity index (χ0) is 44.8. The molecule has 0 unspecified atom stereocenters. The monoisotopic (exact) mass is 868 g/mol.